The van der Waals surface area contributed by atoms with Gasteiger partial charge in [0.2, 0.25) is 0 Å². The standard InChI is InChI=1S/C11H12Cl2N2O3/c1-18-10(16)2-3-14-11(17)15-9-5-7(12)4-8(13)6-9/h4-6H,2-3H2,1H3,(H2,14,15,17). The van der Waals surface area contributed by atoms with Crippen molar-refractivity contribution in [1.29, 1.82) is 0 Å². The molecule has 98 valence electrons. The lowest BCUT2D eigenvalue weighted by Crippen LogP contribution is -2.30. The number of halogens is 2. The van der Waals surface area contributed by atoms with E-state index >= 15 is 0 Å². The van der Waals surface area contributed by atoms with E-state index in [9.17, 15) is 9.59 Å². The van der Waals surface area contributed by atoms with Crippen molar-refractivity contribution in [3.05, 3.63) is 28.2 Å². The maximum absolute atomic E-state index is 11.4. The lowest BCUT2D eigenvalue weighted by atomic mass is 10.3. The Bertz CT molecular complexity index is 432. The maximum atomic E-state index is 11.4. The van der Waals surface area contributed by atoms with Crippen LogP contribution in [0, 0.1) is 0 Å². The van der Waals surface area contributed by atoms with Gasteiger partial charge in [-0.2, -0.15) is 0 Å². The Kier molecular flexibility index (Phi) is 5.74. The van der Waals surface area contributed by atoms with Crippen LogP contribution in [0.4, 0.5) is 10.5 Å². The van der Waals surface area contributed by atoms with Gasteiger partial charge in [0.1, 0.15) is 0 Å². The minimum Gasteiger partial charge on any atom is -0.469 e. The van der Waals surface area contributed by atoms with Gasteiger partial charge < -0.3 is 15.4 Å². The van der Waals surface area contributed by atoms with Crippen molar-refractivity contribution in [2.45, 2.75) is 6.42 Å². The Morgan fingerprint density at radius 2 is 1.83 bits per heavy atom. The first-order valence-corrected chi connectivity index (χ1v) is 5.84. The van der Waals surface area contributed by atoms with E-state index in [0.29, 0.717) is 15.7 Å². The fourth-order valence-electron chi connectivity index (χ4n) is 1.18. The number of benzene rings is 1. The van der Waals surface area contributed by atoms with Crippen LogP contribution in [0.2, 0.25) is 10.0 Å². The summed E-state index contributed by atoms with van der Waals surface area (Å²) in [6.45, 7) is 0.187. The van der Waals surface area contributed by atoms with Crippen molar-refractivity contribution in [2.24, 2.45) is 0 Å². The van der Waals surface area contributed by atoms with Gasteiger partial charge in [-0.05, 0) is 18.2 Å². The molecule has 0 aliphatic rings. The van der Waals surface area contributed by atoms with E-state index in [4.69, 9.17) is 23.2 Å². The van der Waals surface area contributed by atoms with E-state index in [1.807, 2.05) is 0 Å². The van der Waals surface area contributed by atoms with Crippen molar-refractivity contribution in [1.82, 2.24) is 5.32 Å². The van der Waals surface area contributed by atoms with Crippen molar-refractivity contribution in [3.8, 4) is 0 Å². The number of methoxy groups -OCH3 is 1. The molecule has 0 saturated carbocycles. The van der Waals surface area contributed by atoms with Gasteiger partial charge >= 0.3 is 12.0 Å². The van der Waals surface area contributed by atoms with Gasteiger partial charge in [0.25, 0.3) is 0 Å². The molecule has 0 atom stereocenters. The van der Waals surface area contributed by atoms with Crippen molar-refractivity contribution in [3.63, 3.8) is 0 Å². The molecule has 1 aromatic carbocycles. The number of hydrogen-bond donors (Lipinski definition) is 2. The average molecular weight is 291 g/mol. The van der Waals surface area contributed by atoms with Crippen LogP contribution in [-0.4, -0.2) is 25.7 Å². The van der Waals surface area contributed by atoms with Gasteiger partial charge in [-0.1, -0.05) is 23.2 Å². The molecule has 0 heterocycles. The summed E-state index contributed by atoms with van der Waals surface area (Å²) in [5.41, 5.74) is 0.475. The molecule has 1 aromatic rings. The second-order valence-electron chi connectivity index (χ2n) is 3.37. The van der Waals surface area contributed by atoms with Crippen LogP contribution in [0.1, 0.15) is 6.42 Å². The quantitative estimate of drug-likeness (QED) is 0.838. The smallest absolute Gasteiger partial charge is 0.319 e. The zero-order valence-electron chi connectivity index (χ0n) is 9.63. The molecule has 2 amide bonds. The SMILES string of the molecule is COC(=O)CCNC(=O)Nc1cc(Cl)cc(Cl)c1. The summed E-state index contributed by atoms with van der Waals surface area (Å²) in [5.74, 6) is -0.388. The largest absolute Gasteiger partial charge is 0.469 e. The zero-order valence-corrected chi connectivity index (χ0v) is 11.1. The molecule has 18 heavy (non-hydrogen) atoms. The number of rotatable bonds is 4. The van der Waals surface area contributed by atoms with Gasteiger partial charge in [-0.15, -0.1) is 0 Å². The van der Waals surface area contributed by atoms with Crippen LogP contribution in [0.25, 0.3) is 0 Å². The fraction of sp³-hybridized carbons (Fsp3) is 0.273. The molecule has 0 aromatic heterocycles. The topological polar surface area (TPSA) is 67.4 Å². The Morgan fingerprint density at radius 1 is 1.22 bits per heavy atom. The normalized spacial score (nSPS) is 9.72. The molecule has 0 bridgehead atoms. The number of carbonyl (C=O) groups is 2. The van der Waals surface area contributed by atoms with Gasteiger partial charge in [0, 0.05) is 22.3 Å². The number of anilines is 1. The van der Waals surface area contributed by atoms with Crippen molar-refractivity contribution in [2.75, 3.05) is 19.0 Å². The van der Waals surface area contributed by atoms with Gasteiger partial charge in [-0.3, -0.25) is 4.79 Å². The summed E-state index contributed by atoms with van der Waals surface area (Å²) in [5, 5.41) is 5.89. The van der Waals surface area contributed by atoms with Crippen molar-refractivity contribution < 1.29 is 14.3 Å². The number of nitrogens with one attached hydrogen (secondary N) is 2. The van der Waals surface area contributed by atoms with Crippen LogP contribution in [0.5, 0.6) is 0 Å². The lowest BCUT2D eigenvalue weighted by molar-refractivity contribution is -0.140. The molecule has 0 aliphatic heterocycles. The van der Waals surface area contributed by atoms with Crippen LogP contribution in [0.15, 0.2) is 18.2 Å². The molecule has 0 radical (unpaired) electrons. The molecule has 2 N–H and O–H groups in total. The van der Waals surface area contributed by atoms with Gasteiger partial charge in [0.05, 0.1) is 13.5 Å². The molecule has 5 nitrogen and oxygen atoms in total. The first kappa shape index (κ1) is 14.6. The number of esters is 1. The summed E-state index contributed by atoms with van der Waals surface area (Å²) in [4.78, 5) is 22.3. The Hall–Kier alpha value is -1.46. The third-order valence-corrected chi connectivity index (χ3v) is 2.40. The minimum absolute atomic E-state index is 0.111. The summed E-state index contributed by atoms with van der Waals surface area (Å²) in [6, 6.07) is 4.24. The van der Waals surface area contributed by atoms with Gasteiger partial charge in [-0.25, -0.2) is 4.79 Å². The highest BCUT2D eigenvalue weighted by Crippen LogP contribution is 2.22. The first-order valence-electron chi connectivity index (χ1n) is 5.09. The third kappa shape index (κ3) is 5.25. The summed E-state index contributed by atoms with van der Waals surface area (Å²) in [7, 11) is 1.29. The number of ether oxygens (including phenoxy) is 1. The van der Waals surface area contributed by atoms with Crippen molar-refractivity contribution >= 4 is 40.9 Å². The second-order valence-corrected chi connectivity index (χ2v) is 4.24. The van der Waals surface area contributed by atoms with Crippen LogP contribution >= 0.6 is 23.2 Å². The van der Waals surface area contributed by atoms with Gasteiger partial charge in [0.15, 0.2) is 0 Å². The number of urea groups is 1. The summed E-state index contributed by atoms with van der Waals surface area (Å²) < 4.78 is 4.44. The van der Waals surface area contributed by atoms with E-state index in [-0.39, 0.29) is 18.9 Å². The van der Waals surface area contributed by atoms with E-state index in [1.54, 1.807) is 18.2 Å². The molecule has 0 aliphatic carbocycles. The molecule has 0 fully saturated rings. The predicted molar refractivity (Wildman–Crippen MR) is 70.1 cm³/mol. The van der Waals surface area contributed by atoms with E-state index in [0.717, 1.165) is 0 Å². The summed E-state index contributed by atoms with van der Waals surface area (Å²) >= 11 is 11.6. The fourth-order valence-corrected chi connectivity index (χ4v) is 1.71. The number of carbonyl (C=O) groups excluding carboxylic acids is 2. The highest BCUT2D eigenvalue weighted by Gasteiger charge is 2.05. The third-order valence-electron chi connectivity index (χ3n) is 1.96. The van der Waals surface area contributed by atoms with E-state index in [1.165, 1.54) is 7.11 Å². The van der Waals surface area contributed by atoms with Crippen LogP contribution in [-0.2, 0) is 9.53 Å². The average Bonchev–Trinajstić information content (AvgIpc) is 2.27. The maximum Gasteiger partial charge on any atom is 0.319 e. The molecule has 0 spiro atoms. The second kappa shape index (κ2) is 7.08. The lowest BCUT2D eigenvalue weighted by Gasteiger charge is -2.07. The molecule has 0 saturated heterocycles. The Labute approximate surface area is 114 Å². The molecule has 0 unspecified atom stereocenters. The first-order chi connectivity index (χ1) is 8.51. The zero-order chi connectivity index (χ0) is 13.5. The van der Waals surface area contributed by atoms with Crippen LogP contribution in [0.3, 0.4) is 0 Å². The van der Waals surface area contributed by atoms with E-state index in [2.05, 4.69) is 15.4 Å². The highest BCUT2D eigenvalue weighted by molar-refractivity contribution is 6.35. The van der Waals surface area contributed by atoms with Crippen LogP contribution < -0.4 is 10.6 Å². The number of hydrogen-bond acceptors (Lipinski definition) is 3. The highest BCUT2D eigenvalue weighted by atomic mass is 35.5. The Balaban J connectivity index is 2.42. The molecule has 1 rings (SSSR count). The monoisotopic (exact) mass is 290 g/mol. The molecular formula is C11H12Cl2N2O3. The minimum atomic E-state index is -0.447. The summed E-state index contributed by atoms with van der Waals surface area (Å²) in [6.07, 6.45) is 0.111. The Morgan fingerprint density at radius 3 is 2.39 bits per heavy atom. The van der Waals surface area contributed by atoms with E-state index < -0.39 is 6.03 Å². The predicted octanol–water partition coefficient (Wildman–Crippen LogP) is 2.68. The molecular weight excluding hydrogens is 279 g/mol. The molecule has 7 heteroatoms. The number of amides is 2.